The van der Waals surface area contributed by atoms with Gasteiger partial charge in [0.2, 0.25) is 0 Å². The molecule has 1 N–H and O–H groups in total. The van der Waals surface area contributed by atoms with Crippen molar-refractivity contribution in [3.05, 3.63) is 40.8 Å². The van der Waals surface area contributed by atoms with Gasteiger partial charge in [-0.1, -0.05) is 12.2 Å². The Morgan fingerprint density at radius 1 is 1.33 bits per heavy atom. The summed E-state index contributed by atoms with van der Waals surface area (Å²) >= 11 is 4.88. The molecule has 0 fully saturated rings. The van der Waals surface area contributed by atoms with Gasteiger partial charge in [0.15, 0.2) is 0 Å². The van der Waals surface area contributed by atoms with Gasteiger partial charge in [0.05, 0.1) is 11.3 Å². The summed E-state index contributed by atoms with van der Waals surface area (Å²) in [6.07, 6.45) is 3.16. The number of pyridine rings is 1. The third-order valence-corrected chi connectivity index (χ3v) is 2.07. The average molecular weight is 214 g/mol. The molecule has 0 bridgehead atoms. The zero-order valence-electron chi connectivity index (χ0n) is 7.64. The van der Waals surface area contributed by atoms with Crippen molar-refractivity contribution in [2.45, 2.75) is 0 Å². The predicted octanol–water partition coefficient (Wildman–Crippen LogP) is 2.07. The minimum Gasteiger partial charge on any atom is -0.267 e. The molecule has 0 aliphatic carbocycles. The molecule has 2 aromatic rings. The maximum atomic E-state index is 8.72. The van der Waals surface area contributed by atoms with E-state index >= 15 is 0 Å². The molecule has 0 saturated carbocycles. The largest absolute Gasteiger partial charge is 0.267 e. The Morgan fingerprint density at radius 3 is 2.87 bits per heavy atom. The number of nitrogens with zero attached hydrogens (tertiary/aromatic N) is 3. The maximum absolute atomic E-state index is 8.72. The molecule has 0 radical (unpaired) electrons. The van der Waals surface area contributed by atoms with E-state index in [9.17, 15) is 0 Å². The van der Waals surface area contributed by atoms with Gasteiger partial charge in [-0.15, -0.1) is 0 Å². The summed E-state index contributed by atoms with van der Waals surface area (Å²) in [7, 11) is 0. The van der Waals surface area contributed by atoms with Crippen LogP contribution in [0.5, 0.6) is 0 Å². The van der Waals surface area contributed by atoms with E-state index in [1.54, 1.807) is 24.4 Å². The van der Waals surface area contributed by atoms with E-state index in [-0.39, 0.29) is 0 Å². The van der Waals surface area contributed by atoms with Crippen LogP contribution in [0.2, 0.25) is 0 Å². The van der Waals surface area contributed by atoms with Crippen LogP contribution in [0, 0.1) is 16.0 Å². The van der Waals surface area contributed by atoms with Gasteiger partial charge in [0.1, 0.15) is 10.7 Å². The van der Waals surface area contributed by atoms with Crippen LogP contribution in [-0.4, -0.2) is 15.2 Å². The lowest BCUT2D eigenvalue weighted by molar-refractivity contribution is 1.02. The Balaban J connectivity index is 2.50. The SMILES string of the molecule is N#Cc1cncc(-c2ccc(=S)[nH]n2)c1. The van der Waals surface area contributed by atoms with E-state index in [0.717, 1.165) is 5.56 Å². The molecule has 72 valence electrons. The monoisotopic (exact) mass is 214 g/mol. The molecule has 2 rings (SSSR count). The lowest BCUT2D eigenvalue weighted by Crippen LogP contribution is -1.88. The van der Waals surface area contributed by atoms with Crippen LogP contribution in [0.4, 0.5) is 0 Å². The van der Waals surface area contributed by atoms with Crippen molar-refractivity contribution in [1.82, 2.24) is 15.2 Å². The number of hydrogen-bond donors (Lipinski definition) is 1. The first-order valence-corrected chi connectivity index (χ1v) is 4.61. The van der Waals surface area contributed by atoms with E-state index < -0.39 is 0 Å². The van der Waals surface area contributed by atoms with Crippen molar-refractivity contribution in [3.63, 3.8) is 0 Å². The Hall–Kier alpha value is -2.06. The lowest BCUT2D eigenvalue weighted by Gasteiger charge is -1.98. The maximum Gasteiger partial charge on any atom is 0.119 e. The Labute approximate surface area is 91.2 Å². The molecule has 2 heterocycles. The molecular formula is C10H6N4S. The third kappa shape index (κ3) is 2.06. The van der Waals surface area contributed by atoms with Crippen LogP contribution in [0.1, 0.15) is 5.56 Å². The quantitative estimate of drug-likeness (QED) is 0.738. The minimum absolute atomic E-state index is 0.511. The first kappa shape index (κ1) is 9.49. The van der Waals surface area contributed by atoms with Crippen LogP contribution in [-0.2, 0) is 0 Å². The number of aromatic amines is 1. The third-order valence-electron chi connectivity index (χ3n) is 1.84. The van der Waals surface area contributed by atoms with Crippen molar-refractivity contribution in [3.8, 4) is 17.3 Å². The highest BCUT2D eigenvalue weighted by Gasteiger charge is 2.00. The fourth-order valence-electron chi connectivity index (χ4n) is 1.15. The first-order chi connectivity index (χ1) is 7.29. The summed E-state index contributed by atoms with van der Waals surface area (Å²) in [4.78, 5) is 3.95. The first-order valence-electron chi connectivity index (χ1n) is 4.21. The number of aromatic nitrogens is 3. The van der Waals surface area contributed by atoms with Gasteiger partial charge in [-0.3, -0.25) is 10.1 Å². The molecule has 0 aliphatic heterocycles. The lowest BCUT2D eigenvalue weighted by atomic mass is 10.1. The van der Waals surface area contributed by atoms with Gasteiger partial charge in [-0.2, -0.15) is 10.4 Å². The molecule has 0 saturated heterocycles. The van der Waals surface area contributed by atoms with Gasteiger partial charge >= 0.3 is 0 Å². The normalized spacial score (nSPS) is 9.53. The van der Waals surface area contributed by atoms with Crippen molar-refractivity contribution >= 4 is 12.2 Å². The molecule has 4 nitrogen and oxygen atoms in total. The number of H-pyrrole nitrogens is 1. The van der Waals surface area contributed by atoms with E-state index in [1.165, 1.54) is 6.20 Å². The van der Waals surface area contributed by atoms with Crippen LogP contribution < -0.4 is 0 Å². The van der Waals surface area contributed by atoms with Gasteiger partial charge in [-0.05, 0) is 18.2 Å². The molecule has 0 aromatic carbocycles. The van der Waals surface area contributed by atoms with Crippen molar-refractivity contribution in [2.24, 2.45) is 0 Å². The fraction of sp³-hybridized carbons (Fsp3) is 0. The average Bonchev–Trinajstić information content (AvgIpc) is 2.30. The number of rotatable bonds is 1. The molecule has 5 heteroatoms. The summed E-state index contributed by atoms with van der Waals surface area (Å²) in [6, 6.07) is 7.29. The molecular weight excluding hydrogens is 208 g/mol. The van der Waals surface area contributed by atoms with Crippen LogP contribution in [0.15, 0.2) is 30.6 Å². The molecule has 0 spiro atoms. The highest BCUT2D eigenvalue weighted by molar-refractivity contribution is 7.71. The van der Waals surface area contributed by atoms with Crippen LogP contribution in [0.3, 0.4) is 0 Å². The molecule has 0 unspecified atom stereocenters. The highest BCUT2D eigenvalue weighted by Crippen LogP contribution is 2.15. The van der Waals surface area contributed by atoms with Crippen molar-refractivity contribution < 1.29 is 0 Å². The molecule has 15 heavy (non-hydrogen) atoms. The Kier molecular flexibility index (Phi) is 2.52. The van der Waals surface area contributed by atoms with Crippen LogP contribution in [0.25, 0.3) is 11.3 Å². The molecule has 0 atom stereocenters. The molecule has 2 aromatic heterocycles. The van der Waals surface area contributed by atoms with Gasteiger partial charge in [0, 0.05) is 18.0 Å². The number of hydrogen-bond acceptors (Lipinski definition) is 4. The highest BCUT2D eigenvalue weighted by atomic mass is 32.1. The molecule has 0 aliphatic rings. The zero-order valence-corrected chi connectivity index (χ0v) is 8.45. The fourth-order valence-corrected chi connectivity index (χ4v) is 1.26. The second-order valence-electron chi connectivity index (χ2n) is 2.88. The van der Waals surface area contributed by atoms with Crippen molar-refractivity contribution in [1.29, 1.82) is 5.26 Å². The Bertz CT molecular complexity index is 562. The summed E-state index contributed by atoms with van der Waals surface area (Å²) in [5.41, 5.74) is 2.02. The van der Waals surface area contributed by atoms with E-state index in [0.29, 0.717) is 15.9 Å². The standard InChI is InChI=1S/C10H6N4S/c11-4-7-3-8(6-12-5-7)9-1-2-10(15)14-13-9/h1-3,5-6H,(H,14,15). The second kappa shape index (κ2) is 3.98. The summed E-state index contributed by atoms with van der Waals surface area (Å²) in [5, 5.41) is 15.5. The predicted molar refractivity (Wildman–Crippen MR) is 57.4 cm³/mol. The van der Waals surface area contributed by atoms with Gasteiger partial charge in [-0.25, -0.2) is 0 Å². The Morgan fingerprint density at radius 2 is 2.20 bits per heavy atom. The van der Waals surface area contributed by atoms with E-state index in [1.807, 2.05) is 6.07 Å². The van der Waals surface area contributed by atoms with Crippen LogP contribution >= 0.6 is 12.2 Å². The summed E-state index contributed by atoms with van der Waals surface area (Å²) in [5.74, 6) is 0. The zero-order chi connectivity index (χ0) is 10.7. The summed E-state index contributed by atoms with van der Waals surface area (Å²) < 4.78 is 0.572. The number of nitrogens with one attached hydrogen (secondary N) is 1. The smallest absolute Gasteiger partial charge is 0.119 e. The van der Waals surface area contributed by atoms with Gasteiger partial charge < -0.3 is 0 Å². The van der Waals surface area contributed by atoms with E-state index in [4.69, 9.17) is 17.5 Å². The minimum atomic E-state index is 0.511. The topological polar surface area (TPSA) is 65.4 Å². The molecule has 0 amide bonds. The van der Waals surface area contributed by atoms with Gasteiger partial charge in [0.25, 0.3) is 0 Å². The second-order valence-corrected chi connectivity index (χ2v) is 3.32. The summed E-state index contributed by atoms with van der Waals surface area (Å²) in [6.45, 7) is 0. The van der Waals surface area contributed by atoms with E-state index in [2.05, 4.69) is 15.2 Å². The number of nitriles is 1. The van der Waals surface area contributed by atoms with Crippen molar-refractivity contribution in [2.75, 3.05) is 0 Å².